The van der Waals surface area contributed by atoms with Crippen LogP contribution in [0.3, 0.4) is 0 Å². The van der Waals surface area contributed by atoms with E-state index in [1.54, 1.807) is 6.08 Å². The molecule has 1 saturated heterocycles. The fourth-order valence-electron chi connectivity index (χ4n) is 2.78. The second-order valence-corrected chi connectivity index (χ2v) is 7.60. The number of likely N-dealkylation sites (tertiary alicyclic amines) is 1. The van der Waals surface area contributed by atoms with Gasteiger partial charge in [0.2, 0.25) is 5.91 Å². The van der Waals surface area contributed by atoms with Crippen LogP contribution < -0.4 is 10.6 Å². The molecule has 0 aromatic heterocycles. The maximum atomic E-state index is 12.1. The molecule has 2 N–H and O–H groups in total. The third kappa shape index (κ3) is 6.99. The van der Waals surface area contributed by atoms with Crippen molar-refractivity contribution in [2.24, 2.45) is 5.92 Å². The van der Waals surface area contributed by atoms with Gasteiger partial charge in [0.25, 0.3) is 0 Å². The molecule has 0 unspecified atom stereocenters. The summed E-state index contributed by atoms with van der Waals surface area (Å²) in [6.07, 6.45) is 5.22. The molecule has 0 saturated carbocycles. The smallest absolute Gasteiger partial charge is 0.317 e. The molecule has 2 rings (SSSR count). The average molecular weight is 343 g/mol. The number of piperidine rings is 1. The molecule has 5 heteroatoms. The summed E-state index contributed by atoms with van der Waals surface area (Å²) in [6.45, 7) is 8.08. The van der Waals surface area contributed by atoms with Crippen LogP contribution in [0.1, 0.15) is 39.2 Å². The second-order valence-electron chi connectivity index (χ2n) is 7.60. The monoisotopic (exact) mass is 343 g/mol. The number of nitrogens with one attached hydrogen (secondary N) is 2. The second kappa shape index (κ2) is 8.70. The van der Waals surface area contributed by atoms with Gasteiger partial charge in [-0.2, -0.15) is 0 Å². The molecule has 0 aliphatic carbocycles. The van der Waals surface area contributed by atoms with Crippen LogP contribution in [-0.4, -0.2) is 42.0 Å². The lowest BCUT2D eigenvalue weighted by molar-refractivity contribution is -0.116. The summed E-state index contributed by atoms with van der Waals surface area (Å²) in [4.78, 5) is 25.9. The Bertz CT molecular complexity index is 597. The minimum absolute atomic E-state index is 0.000722. The fraction of sp³-hybridized carbons (Fsp3) is 0.500. The molecule has 25 heavy (non-hydrogen) atoms. The van der Waals surface area contributed by atoms with Gasteiger partial charge in [0, 0.05) is 31.2 Å². The largest absolute Gasteiger partial charge is 0.352 e. The molecule has 1 aromatic carbocycles. The van der Waals surface area contributed by atoms with Crippen molar-refractivity contribution < 1.29 is 9.59 Å². The highest BCUT2D eigenvalue weighted by atomic mass is 16.2. The van der Waals surface area contributed by atoms with Gasteiger partial charge in [0.15, 0.2) is 0 Å². The molecule has 5 nitrogen and oxygen atoms in total. The average Bonchev–Trinajstić information content (AvgIpc) is 2.58. The predicted molar refractivity (Wildman–Crippen MR) is 101 cm³/mol. The van der Waals surface area contributed by atoms with Crippen LogP contribution in [0.5, 0.6) is 0 Å². The Kier molecular flexibility index (Phi) is 6.62. The van der Waals surface area contributed by atoms with Crippen LogP contribution in [0.15, 0.2) is 36.4 Å². The summed E-state index contributed by atoms with van der Waals surface area (Å²) in [5, 5.41) is 5.95. The van der Waals surface area contributed by atoms with Crippen molar-refractivity contribution in [2.45, 2.75) is 39.2 Å². The van der Waals surface area contributed by atoms with Crippen LogP contribution in [-0.2, 0) is 4.79 Å². The van der Waals surface area contributed by atoms with Gasteiger partial charge in [-0.3, -0.25) is 4.79 Å². The Morgan fingerprint density at radius 1 is 1.16 bits per heavy atom. The first kappa shape index (κ1) is 19.0. The van der Waals surface area contributed by atoms with E-state index in [1.165, 1.54) is 0 Å². The predicted octanol–water partition coefficient (Wildman–Crippen LogP) is 3.04. The first-order valence-corrected chi connectivity index (χ1v) is 8.91. The van der Waals surface area contributed by atoms with Crippen molar-refractivity contribution in [3.05, 3.63) is 42.0 Å². The standard InChI is InChI=1S/C20H29N3O2/c1-20(2,3)22-19(25)23-13-11-17(12-14-23)15-21-18(24)10-9-16-7-5-4-6-8-16/h4-10,17H,11-15H2,1-3H3,(H,21,24)(H,22,25)/b10-9+. The number of amides is 3. The summed E-state index contributed by atoms with van der Waals surface area (Å²) in [5.74, 6) is 0.351. The molecular formula is C20H29N3O2. The SMILES string of the molecule is CC(C)(C)NC(=O)N1CCC(CNC(=O)/C=C/c2ccccc2)CC1. The van der Waals surface area contributed by atoms with Crippen molar-refractivity contribution in [3.8, 4) is 0 Å². The first-order valence-electron chi connectivity index (χ1n) is 8.91. The number of rotatable bonds is 4. The molecule has 3 amide bonds. The zero-order valence-electron chi connectivity index (χ0n) is 15.4. The van der Waals surface area contributed by atoms with Crippen molar-refractivity contribution in [2.75, 3.05) is 19.6 Å². The molecule has 136 valence electrons. The fourth-order valence-corrected chi connectivity index (χ4v) is 2.78. The molecule has 1 aliphatic heterocycles. The van der Waals surface area contributed by atoms with Gasteiger partial charge in [0.05, 0.1) is 0 Å². The number of benzene rings is 1. The maximum Gasteiger partial charge on any atom is 0.317 e. The van der Waals surface area contributed by atoms with Crippen molar-refractivity contribution in [1.82, 2.24) is 15.5 Å². The van der Waals surface area contributed by atoms with Gasteiger partial charge < -0.3 is 15.5 Å². The molecule has 0 bridgehead atoms. The van der Waals surface area contributed by atoms with Gasteiger partial charge in [-0.15, -0.1) is 0 Å². The van der Waals surface area contributed by atoms with Crippen LogP contribution in [0.2, 0.25) is 0 Å². The molecule has 1 aromatic rings. The third-order valence-electron chi connectivity index (χ3n) is 4.18. The molecular weight excluding hydrogens is 314 g/mol. The summed E-state index contributed by atoms with van der Waals surface area (Å²) < 4.78 is 0. The Morgan fingerprint density at radius 3 is 2.40 bits per heavy atom. The number of carbonyl (C=O) groups excluding carboxylic acids is 2. The Labute approximate surface area is 150 Å². The minimum Gasteiger partial charge on any atom is -0.352 e. The summed E-state index contributed by atoms with van der Waals surface area (Å²) in [6, 6.07) is 9.76. The highest BCUT2D eigenvalue weighted by Gasteiger charge is 2.25. The van der Waals surface area contributed by atoms with E-state index in [1.807, 2.05) is 62.1 Å². The normalized spacial score (nSPS) is 16.0. The molecule has 1 heterocycles. The first-order chi connectivity index (χ1) is 11.8. The lowest BCUT2D eigenvalue weighted by Gasteiger charge is -2.34. The van der Waals surface area contributed by atoms with Gasteiger partial charge in [-0.25, -0.2) is 4.79 Å². The van der Waals surface area contributed by atoms with E-state index in [0.29, 0.717) is 12.5 Å². The third-order valence-corrected chi connectivity index (χ3v) is 4.18. The maximum absolute atomic E-state index is 12.1. The van der Waals surface area contributed by atoms with Gasteiger partial charge in [0.1, 0.15) is 0 Å². The Hall–Kier alpha value is -2.30. The number of hydrogen-bond donors (Lipinski definition) is 2. The lowest BCUT2D eigenvalue weighted by atomic mass is 9.97. The highest BCUT2D eigenvalue weighted by molar-refractivity contribution is 5.91. The lowest BCUT2D eigenvalue weighted by Crippen LogP contribution is -2.51. The van der Waals surface area contributed by atoms with Crippen LogP contribution in [0.25, 0.3) is 6.08 Å². The summed E-state index contributed by atoms with van der Waals surface area (Å²) in [7, 11) is 0. The van der Waals surface area contributed by atoms with Crippen LogP contribution in [0.4, 0.5) is 4.79 Å². The molecule has 0 spiro atoms. The number of nitrogens with zero attached hydrogens (tertiary/aromatic N) is 1. The highest BCUT2D eigenvalue weighted by Crippen LogP contribution is 2.17. The van der Waals surface area contributed by atoms with Gasteiger partial charge >= 0.3 is 6.03 Å². The van der Waals surface area contributed by atoms with E-state index in [4.69, 9.17) is 0 Å². The quantitative estimate of drug-likeness (QED) is 0.826. The van der Waals surface area contributed by atoms with E-state index < -0.39 is 0 Å². The Balaban J connectivity index is 1.69. The van der Waals surface area contributed by atoms with E-state index in [9.17, 15) is 9.59 Å². The number of hydrogen-bond acceptors (Lipinski definition) is 2. The van der Waals surface area contributed by atoms with Gasteiger partial charge in [-0.1, -0.05) is 30.3 Å². The van der Waals surface area contributed by atoms with Crippen molar-refractivity contribution in [1.29, 1.82) is 0 Å². The Morgan fingerprint density at radius 2 is 1.80 bits per heavy atom. The van der Waals surface area contributed by atoms with Crippen molar-refractivity contribution in [3.63, 3.8) is 0 Å². The molecule has 0 radical (unpaired) electrons. The zero-order chi connectivity index (χ0) is 18.3. The van der Waals surface area contributed by atoms with E-state index >= 15 is 0 Å². The molecule has 1 aliphatic rings. The van der Waals surface area contributed by atoms with Crippen LogP contribution in [0, 0.1) is 5.92 Å². The molecule has 0 atom stereocenters. The van der Waals surface area contributed by atoms with E-state index in [-0.39, 0.29) is 17.5 Å². The minimum atomic E-state index is -0.215. The number of carbonyl (C=O) groups is 2. The summed E-state index contributed by atoms with van der Waals surface area (Å²) >= 11 is 0. The zero-order valence-corrected chi connectivity index (χ0v) is 15.4. The van der Waals surface area contributed by atoms with Gasteiger partial charge in [-0.05, 0) is 51.2 Å². The number of urea groups is 1. The van der Waals surface area contributed by atoms with E-state index in [2.05, 4.69) is 10.6 Å². The summed E-state index contributed by atoms with van der Waals surface area (Å²) in [5.41, 5.74) is 0.795. The van der Waals surface area contributed by atoms with Crippen molar-refractivity contribution >= 4 is 18.0 Å². The molecule has 1 fully saturated rings. The van der Waals surface area contributed by atoms with E-state index in [0.717, 1.165) is 31.5 Å². The van der Waals surface area contributed by atoms with Crippen LogP contribution >= 0.6 is 0 Å². The topological polar surface area (TPSA) is 61.4 Å².